The molecular formula is C24H21N3O5S. The van der Waals surface area contributed by atoms with Crippen molar-refractivity contribution < 1.29 is 22.4 Å². The minimum atomic E-state index is -3.97. The molecule has 0 spiro atoms. The molecule has 0 saturated heterocycles. The number of methoxy groups -OCH3 is 1. The molecule has 2 N–H and O–H groups in total. The molecule has 0 aliphatic rings. The van der Waals surface area contributed by atoms with Gasteiger partial charge in [-0.3, -0.25) is 9.52 Å². The normalized spacial score (nSPS) is 11.1. The van der Waals surface area contributed by atoms with Gasteiger partial charge >= 0.3 is 0 Å². The Morgan fingerprint density at radius 2 is 1.85 bits per heavy atom. The van der Waals surface area contributed by atoms with Crippen molar-refractivity contribution in [2.75, 3.05) is 17.1 Å². The zero-order valence-electron chi connectivity index (χ0n) is 17.9. The van der Waals surface area contributed by atoms with Crippen LogP contribution >= 0.6 is 0 Å². The fourth-order valence-electron chi connectivity index (χ4n) is 3.27. The van der Waals surface area contributed by atoms with Crippen LogP contribution in [0, 0.1) is 6.92 Å². The number of aryl methyl sites for hydroxylation is 1. The highest BCUT2D eigenvalue weighted by molar-refractivity contribution is 7.92. The van der Waals surface area contributed by atoms with E-state index in [4.69, 9.17) is 9.15 Å². The Kier molecular flexibility index (Phi) is 6.14. The minimum Gasteiger partial charge on any atom is -0.495 e. The Morgan fingerprint density at radius 1 is 1.03 bits per heavy atom. The summed E-state index contributed by atoms with van der Waals surface area (Å²) in [5, 5.41) is 2.79. The van der Waals surface area contributed by atoms with E-state index >= 15 is 0 Å². The second kappa shape index (κ2) is 9.17. The summed E-state index contributed by atoms with van der Waals surface area (Å²) in [6.07, 6.45) is 2.90. The number of ether oxygens (including phenoxy) is 1. The SMILES string of the molecule is COc1ccccc1NS(=O)(=O)c1cc(C(=O)Nc2cccc(-c3cnco3)c2)ccc1C. The van der Waals surface area contributed by atoms with Gasteiger partial charge < -0.3 is 14.5 Å². The van der Waals surface area contributed by atoms with Crippen LogP contribution < -0.4 is 14.8 Å². The predicted octanol–water partition coefficient (Wildman–Crippen LogP) is 4.71. The van der Waals surface area contributed by atoms with Gasteiger partial charge in [-0.05, 0) is 48.9 Å². The molecule has 33 heavy (non-hydrogen) atoms. The van der Waals surface area contributed by atoms with Crippen molar-refractivity contribution >= 4 is 27.3 Å². The summed E-state index contributed by atoms with van der Waals surface area (Å²) in [7, 11) is -2.51. The quantitative estimate of drug-likeness (QED) is 0.411. The van der Waals surface area contributed by atoms with E-state index < -0.39 is 15.9 Å². The number of oxazole rings is 1. The van der Waals surface area contributed by atoms with Crippen LogP contribution in [0.25, 0.3) is 11.3 Å². The predicted molar refractivity (Wildman–Crippen MR) is 125 cm³/mol. The molecule has 1 amide bonds. The number of nitrogens with zero attached hydrogens (tertiary/aromatic N) is 1. The van der Waals surface area contributed by atoms with Crippen LogP contribution in [-0.2, 0) is 10.0 Å². The molecule has 0 atom stereocenters. The molecule has 3 aromatic carbocycles. The molecule has 8 nitrogen and oxygen atoms in total. The topological polar surface area (TPSA) is 111 Å². The largest absolute Gasteiger partial charge is 0.495 e. The molecule has 0 aliphatic heterocycles. The summed E-state index contributed by atoms with van der Waals surface area (Å²) in [4.78, 5) is 16.8. The molecule has 0 bridgehead atoms. The monoisotopic (exact) mass is 463 g/mol. The minimum absolute atomic E-state index is 0.00327. The van der Waals surface area contributed by atoms with Gasteiger partial charge in [-0.2, -0.15) is 0 Å². The molecule has 1 aromatic heterocycles. The van der Waals surface area contributed by atoms with E-state index in [0.29, 0.717) is 28.4 Å². The summed E-state index contributed by atoms with van der Waals surface area (Å²) in [6, 6.07) is 18.3. The number of hydrogen-bond donors (Lipinski definition) is 2. The van der Waals surface area contributed by atoms with Crippen molar-refractivity contribution in [3.05, 3.63) is 90.4 Å². The number of hydrogen-bond acceptors (Lipinski definition) is 6. The van der Waals surface area contributed by atoms with Gasteiger partial charge in [-0.15, -0.1) is 0 Å². The number of amides is 1. The van der Waals surface area contributed by atoms with Crippen LogP contribution in [-0.4, -0.2) is 26.4 Å². The van der Waals surface area contributed by atoms with Gasteiger partial charge in [-0.1, -0.05) is 30.3 Å². The Bertz CT molecular complexity index is 1400. The first kappa shape index (κ1) is 22.1. The van der Waals surface area contributed by atoms with Crippen molar-refractivity contribution in [1.29, 1.82) is 0 Å². The van der Waals surface area contributed by atoms with Gasteiger partial charge in [0.1, 0.15) is 5.75 Å². The zero-order valence-corrected chi connectivity index (χ0v) is 18.7. The number of aromatic nitrogens is 1. The van der Waals surface area contributed by atoms with Gasteiger partial charge in [0, 0.05) is 16.8 Å². The van der Waals surface area contributed by atoms with Gasteiger partial charge in [0.25, 0.3) is 15.9 Å². The second-order valence-electron chi connectivity index (χ2n) is 7.19. The number of para-hydroxylation sites is 2. The smallest absolute Gasteiger partial charge is 0.262 e. The third-order valence-corrected chi connectivity index (χ3v) is 6.44. The summed E-state index contributed by atoms with van der Waals surface area (Å²) >= 11 is 0. The highest BCUT2D eigenvalue weighted by atomic mass is 32.2. The molecule has 4 rings (SSSR count). The molecule has 168 valence electrons. The van der Waals surface area contributed by atoms with Crippen LogP contribution in [0.3, 0.4) is 0 Å². The standard InChI is InChI=1S/C24H21N3O5S/c1-16-10-11-18(13-23(16)33(29,30)27-20-8-3-4-9-21(20)31-2)24(28)26-19-7-5-6-17(12-19)22-14-25-15-32-22/h3-15,27H,1-2H3,(H,26,28). The fraction of sp³-hybridized carbons (Fsp3) is 0.0833. The summed E-state index contributed by atoms with van der Waals surface area (Å²) < 4.78 is 39.2. The first-order valence-corrected chi connectivity index (χ1v) is 11.4. The highest BCUT2D eigenvalue weighted by Gasteiger charge is 2.21. The number of anilines is 2. The van der Waals surface area contributed by atoms with Crippen molar-refractivity contribution in [2.24, 2.45) is 0 Å². The van der Waals surface area contributed by atoms with Crippen molar-refractivity contribution in [3.8, 4) is 17.1 Å². The lowest BCUT2D eigenvalue weighted by Crippen LogP contribution is -2.17. The van der Waals surface area contributed by atoms with Gasteiger partial charge in [0.05, 0.1) is 23.9 Å². The van der Waals surface area contributed by atoms with Gasteiger partial charge in [0.15, 0.2) is 12.2 Å². The second-order valence-corrected chi connectivity index (χ2v) is 8.84. The molecule has 0 aliphatic carbocycles. The number of rotatable bonds is 7. The van der Waals surface area contributed by atoms with Gasteiger partial charge in [-0.25, -0.2) is 13.4 Å². The number of nitrogens with one attached hydrogen (secondary N) is 2. The Balaban J connectivity index is 1.59. The van der Waals surface area contributed by atoms with E-state index in [2.05, 4.69) is 15.0 Å². The zero-order chi connectivity index (χ0) is 23.4. The van der Waals surface area contributed by atoms with E-state index in [-0.39, 0.29) is 10.5 Å². The molecule has 0 saturated carbocycles. The number of sulfonamides is 1. The van der Waals surface area contributed by atoms with Crippen molar-refractivity contribution in [1.82, 2.24) is 4.98 Å². The first-order valence-electron chi connectivity index (χ1n) is 9.94. The number of benzene rings is 3. The summed E-state index contributed by atoms with van der Waals surface area (Å²) in [5.41, 5.74) is 2.29. The van der Waals surface area contributed by atoms with Gasteiger partial charge in [0.2, 0.25) is 0 Å². The van der Waals surface area contributed by atoms with E-state index in [0.717, 1.165) is 5.56 Å². The van der Waals surface area contributed by atoms with Crippen molar-refractivity contribution in [3.63, 3.8) is 0 Å². The molecule has 0 unspecified atom stereocenters. The van der Waals surface area contributed by atoms with E-state index in [9.17, 15) is 13.2 Å². The fourth-order valence-corrected chi connectivity index (χ4v) is 4.61. The van der Waals surface area contributed by atoms with E-state index in [1.54, 1.807) is 67.7 Å². The third kappa shape index (κ3) is 4.88. The number of carbonyl (C=O) groups is 1. The lowest BCUT2D eigenvalue weighted by atomic mass is 10.1. The van der Waals surface area contributed by atoms with Crippen LogP contribution in [0.1, 0.15) is 15.9 Å². The van der Waals surface area contributed by atoms with Crippen LogP contribution in [0.2, 0.25) is 0 Å². The molecule has 0 radical (unpaired) electrons. The molecule has 4 aromatic rings. The summed E-state index contributed by atoms with van der Waals surface area (Å²) in [5.74, 6) is 0.509. The van der Waals surface area contributed by atoms with E-state index in [1.165, 1.54) is 19.6 Å². The number of carbonyl (C=O) groups excluding carboxylic acids is 1. The van der Waals surface area contributed by atoms with E-state index in [1.807, 2.05) is 6.07 Å². The maximum Gasteiger partial charge on any atom is 0.262 e. The maximum absolute atomic E-state index is 13.1. The van der Waals surface area contributed by atoms with Crippen LogP contribution in [0.4, 0.5) is 11.4 Å². The average molecular weight is 464 g/mol. The summed E-state index contributed by atoms with van der Waals surface area (Å²) in [6.45, 7) is 1.67. The molecule has 9 heteroatoms. The van der Waals surface area contributed by atoms with Crippen molar-refractivity contribution in [2.45, 2.75) is 11.8 Å². The third-order valence-electron chi connectivity index (χ3n) is 4.93. The first-order chi connectivity index (χ1) is 15.9. The Labute approximate surface area is 191 Å². The molecule has 0 fully saturated rings. The van der Waals surface area contributed by atoms with Crippen LogP contribution in [0.5, 0.6) is 5.75 Å². The maximum atomic E-state index is 13.1. The van der Waals surface area contributed by atoms with Crippen LogP contribution in [0.15, 0.2) is 88.6 Å². The molecular weight excluding hydrogens is 442 g/mol. The highest BCUT2D eigenvalue weighted by Crippen LogP contribution is 2.28. The molecule has 1 heterocycles. The lowest BCUT2D eigenvalue weighted by molar-refractivity contribution is 0.102. The Hall–Kier alpha value is -4.11. The Morgan fingerprint density at radius 3 is 2.61 bits per heavy atom. The lowest BCUT2D eigenvalue weighted by Gasteiger charge is -2.14. The average Bonchev–Trinajstić information content (AvgIpc) is 3.34.